The lowest BCUT2D eigenvalue weighted by atomic mass is 10.1. The number of hydrogen-bond acceptors (Lipinski definition) is 2. The van der Waals surface area contributed by atoms with Crippen molar-refractivity contribution in [3.63, 3.8) is 0 Å². The van der Waals surface area contributed by atoms with Gasteiger partial charge in [-0.3, -0.25) is 0 Å². The van der Waals surface area contributed by atoms with Crippen LogP contribution in [0.1, 0.15) is 72.6 Å². The quantitative estimate of drug-likeness (QED) is 0.446. The molecule has 0 aromatic carbocycles. The van der Waals surface area contributed by atoms with E-state index in [1.165, 1.54) is 25.7 Å². The van der Waals surface area contributed by atoms with E-state index in [9.17, 15) is 0 Å². The van der Waals surface area contributed by atoms with Crippen molar-refractivity contribution in [1.29, 1.82) is 0 Å². The molecule has 116 valence electrons. The monoisotopic (exact) mass is 288 g/mol. The lowest BCUT2D eigenvalue weighted by molar-refractivity contribution is 0.144. The second-order valence-corrected chi connectivity index (χ2v) is 12.0. The van der Waals surface area contributed by atoms with Crippen molar-refractivity contribution in [3.05, 3.63) is 0 Å². The molecule has 0 radical (unpaired) electrons. The summed E-state index contributed by atoms with van der Waals surface area (Å²) in [7, 11) is -1.67. The molecule has 2 nitrogen and oxygen atoms in total. The molecule has 0 bridgehead atoms. The van der Waals surface area contributed by atoms with Crippen LogP contribution in [0.3, 0.4) is 0 Å². The lowest BCUT2D eigenvalue weighted by Crippen LogP contribution is -2.44. The van der Waals surface area contributed by atoms with E-state index < -0.39 is 8.32 Å². The van der Waals surface area contributed by atoms with Gasteiger partial charge in [0.05, 0.1) is 0 Å². The Hall–Kier alpha value is 0.137. The maximum Gasteiger partial charge on any atom is 0.192 e. The molecule has 0 saturated heterocycles. The molecule has 1 atom stereocenters. The van der Waals surface area contributed by atoms with Crippen molar-refractivity contribution < 1.29 is 9.53 Å². The molecular formula is C16H36O2Si. The fourth-order valence-corrected chi connectivity index (χ4v) is 3.40. The first-order valence-electron chi connectivity index (χ1n) is 8.03. The molecule has 0 amide bonds. The second kappa shape index (κ2) is 9.14. The minimum absolute atomic E-state index is 0.272. The Kier molecular flexibility index (Phi) is 9.21. The zero-order chi connectivity index (χ0) is 14.9. The number of aliphatic hydroxyl groups is 1. The van der Waals surface area contributed by atoms with Crippen LogP contribution in [0.5, 0.6) is 0 Å². The highest BCUT2D eigenvalue weighted by Gasteiger charge is 2.38. The Morgan fingerprint density at radius 1 is 1.00 bits per heavy atom. The third-order valence-corrected chi connectivity index (χ3v) is 8.87. The molecule has 0 aliphatic heterocycles. The van der Waals surface area contributed by atoms with Gasteiger partial charge in [-0.15, -0.1) is 0 Å². The number of aliphatic hydroxyl groups excluding tert-OH is 1. The predicted octanol–water partition coefficient (Wildman–Crippen LogP) is 5.12. The Balaban J connectivity index is 4.33. The van der Waals surface area contributed by atoms with Crippen LogP contribution in [-0.2, 0) is 4.43 Å². The minimum atomic E-state index is -1.67. The second-order valence-electron chi connectivity index (χ2n) is 7.22. The molecular weight excluding hydrogens is 252 g/mol. The maximum absolute atomic E-state index is 9.04. The Labute approximate surface area is 122 Å². The molecule has 0 aliphatic rings. The van der Waals surface area contributed by atoms with E-state index in [1.807, 2.05) is 0 Å². The summed E-state index contributed by atoms with van der Waals surface area (Å²) < 4.78 is 6.51. The van der Waals surface area contributed by atoms with Crippen molar-refractivity contribution in [3.8, 4) is 0 Å². The standard InChI is InChI=1S/C16H36O2Si/c1-7-8-9-10-12-15(13-11-14-17)18-19(5,6)16(2,3)4/h15,17H,7-14H2,1-6H3/t15-/m0/s1. The van der Waals surface area contributed by atoms with Gasteiger partial charge in [-0.25, -0.2) is 0 Å². The van der Waals surface area contributed by atoms with Crippen LogP contribution < -0.4 is 0 Å². The van der Waals surface area contributed by atoms with E-state index in [4.69, 9.17) is 9.53 Å². The van der Waals surface area contributed by atoms with Gasteiger partial charge in [0.25, 0.3) is 0 Å². The van der Waals surface area contributed by atoms with Gasteiger partial charge in [0.1, 0.15) is 0 Å². The van der Waals surface area contributed by atoms with Crippen LogP contribution in [0.4, 0.5) is 0 Å². The van der Waals surface area contributed by atoms with Gasteiger partial charge in [0.2, 0.25) is 0 Å². The average molecular weight is 289 g/mol. The van der Waals surface area contributed by atoms with E-state index in [2.05, 4.69) is 40.8 Å². The highest BCUT2D eigenvalue weighted by molar-refractivity contribution is 6.74. The van der Waals surface area contributed by atoms with Crippen LogP contribution in [0.25, 0.3) is 0 Å². The molecule has 0 fully saturated rings. The van der Waals surface area contributed by atoms with E-state index in [0.717, 1.165) is 19.3 Å². The zero-order valence-electron chi connectivity index (χ0n) is 14.1. The van der Waals surface area contributed by atoms with Gasteiger partial charge < -0.3 is 9.53 Å². The number of rotatable bonds is 10. The summed E-state index contributed by atoms with van der Waals surface area (Å²) >= 11 is 0. The fraction of sp³-hybridized carbons (Fsp3) is 1.00. The van der Waals surface area contributed by atoms with Gasteiger partial charge in [0, 0.05) is 12.7 Å². The van der Waals surface area contributed by atoms with Crippen molar-refractivity contribution in [2.24, 2.45) is 0 Å². The molecule has 0 heterocycles. The normalized spacial score (nSPS) is 14.7. The van der Waals surface area contributed by atoms with E-state index in [0.29, 0.717) is 6.10 Å². The van der Waals surface area contributed by atoms with Gasteiger partial charge >= 0.3 is 0 Å². The first-order chi connectivity index (χ1) is 8.74. The van der Waals surface area contributed by atoms with Crippen molar-refractivity contribution in [1.82, 2.24) is 0 Å². The molecule has 0 aromatic heterocycles. The van der Waals surface area contributed by atoms with Gasteiger partial charge in [-0.2, -0.15) is 0 Å². The Bertz CT molecular complexity index is 221. The summed E-state index contributed by atoms with van der Waals surface area (Å²) in [5.41, 5.74) is 0. The van der Waals surface area contributed by atoms with Crippen LogP contribution in [0, 0.1) is 0 Å². The Morgan fingerprint density at radius 2 is 1.58 bits per heavy atom. The molecule has 0 aromatic rings. The summed E-state index contributed by atoms with van der Waals surface area (Å²) in [5.74, 6) is 0. The van der Waals surface area contributed by atoms with E-state index >= 15 is 0 Å². The predicted molar refractivity (Wildman–Crippen MR) is 87.1 cm³/mol. The third-order valence-electron chi connectivity index (χ3n) is 4.33. The van der Waals surface area contributed by atoms with Crippen LogP contribution >= 0.6 is 0 Å². The zero-order valence-corrected chi connectivity index (χ0v) is 15.1. The maximum atomic E-state index is 9.04. The van der Waals surface area contributed by atoms with Crippen molar-refractivity contribution in [2.75, 3.05) is 6.61 Å². The van der Waals surface area contributed by atoms with E-state index in [1.54, 1.807) is 0 Å². The Morgan fingerprint density at radius 3 is 2.05 bits per heavy atom. The minimum Gasteiger partial charge on any atom is -0.414 e. The lowest BCUT2D eigenvalue weighted by Gasteiger charge is -2.39. The average Bonchev–Trinajstić information content (AvgIpc) is 2.29. The molecule has 0 rings (SSSR count). The molecule has 0 unspecified atom stereocenters. The molecule has 0 saturated carbocycles. The number of hydrogen-bond donors (Lipinski definition) is 1. The van der Waals surface area contributed by atoms with Crippen molar-refractivity contribution in [2.45, 2.75) is 96.9 Å². The summed E-state index contributed by atoms with van der Waals surface area (Å²) in [5, 5.41) is 9.31. The summed E-state index contributed by atoms with van der Waals surface area (Å²) in [6.07, 6.45) is 8.57. The highest BCUT2D eigenvalue weighted by Crippen LogP contribution is 2.38. The van der Waals surface area contributed by atoms with Crippen molar-refractivity contribution >= 4 is 8.32 Å². The summed E-state index contributed by atoms with van der Waals surface area (Å²) in [6, 6.07) is 0. The van der Waals surface area contributed by atoms with Crippen LogP contribution in [0.15, 0.2) is 0 Å². The SMILES string of the molecule is CCCCCC[C@@H](CCCO)O[Si](C)(C)C(C)(C)C. The molecule has 1 N–H and O–H groups in total. The molecule has 0 spiro atoms. The highest BCUT2D eigenvalue weighted by atomic mass is 28.4. The topological polar surface area (TPSA) is 29.5 Å². The van der Waals surface area contributed by atoms with E-state index in [-0.39, 0.29) is 11.6 Å². The van der Waals surface area contributed by atoms with Gasteiger partial charge in [0.15, 0.2) is 8.32 Å². The van der Waals surface area contributed by atoms with Gasteiger partial charge in [-0.1, -0.05) is 53.4 Å². The number of unbranched alkanes of at least 4 members (excludes halogenated alkanes) is 3. The largest absolute Gasteiger partial charge is 0.414 e. The molecule has 19 heavy (non-hydrogen) atoms. The smallest absolute Gasteiger partial charge is 0.192 e. The fourth-order valence-electron chi connectivity index (χ4n) is 1.97. The van der Waals surface area contributed by atoms with Gasteiger partial charge in [-0.05, 0) is 37.4 Å². The van der Waals surface area contributed by atoms with Crippen LogP contribution in [-0.4, -0.2) is 26.1 Å². The summed E-state index contributed by atoms with van der Waals surface area (Å²) in [4.78, 5) is 0. The van der Waals surface area contributed by atoms with Crippen LogP contribution in [0.2, 0.25) is 18.1 Å². The first kappa shape index (κ1) is 19.1. The first-order valence-corrected chi connectivity index (χ1v) is 10.9. The molecule has 3 heteroatoms. The molecule has 0 aliphatic carbocycles. The third kappa shape index (κ3) is 8.11. The summed E-state index contributed by atoms with van der Waals surface area (Å²) in [6.45, 7) is 14.1.